The van der Waals surface area contributed by atoms with Crippen molar-refractivity contribution in [2.75, 3.05) is 13.7 Å². The Morgan fingerprint density at radius 3 is 2.68 bits per heavy atom. The van der Waals surface area contributed by atoms with Crippen molar-refractivity contribution < 1.29 is 18.7 Å². The topological polar surface area (TPSA) is 61.3 Å². The summed E-state index contributed by atoms with van der Waals surface area (Å²) in [4.78, 5) is 19.5. The molecule has 9 heteroatoms. The zero-order chi connectivity index (χ0) is 18.6. The van der Waals surface area contributed by atoms with Gasteiger partial charge in [-0.3, -0.25) is 4.79 Å². The normalized spacial score (nSPS) is 11.9. The summed E-state index contributed by atoms with van der Waals surface area (Å²) in [5, 5.41) is -0.760. The zero-order valence-electron chi connectivity index (χ0n) is 13.4. The van der Waals surface area contributed by atoms with E-state index in [-0.39, 0.29) is 40.2 Å². The first-order chi connectivity index (χ1) is 11.9. The van der Waals surface area contributed by atoms with Crippen LogP contribution in [-0.2, 0) is 16.0 Å². The first-order valence-corrected chi connectivity index (χ1v) is 8.41. The van der Waals surface area contributed by atoms with Crippen molar-refractivity contribution in [2.45, 2.75) is 18.7 Å². The van der Waals surface area contributed by atoms with Crippen molar-refractivity contribution in [1.29, 1.82) is 0 Å². The summed E-state index contributed by atoms with van der Waals surface area (Å²) >= 11 is 18.3. The average Bonchev–Trinajstić information content (AvgIpc) is 2.58. The van der Waals surface area contributed by atoms with Crippen LogP contribution in [0, 0.1) is 5.82 Å². The van der Waals surface area contributed by atoms with Gasteiger partial charge in [0.25, 0.3) is 0 Å². The second-order valence-corrected chi connectivity index (χ2v) is 6.20. The molecule has 0 N–H and O–H groups in total. The smallest absolute Gasteiger partial charge is 0.324 e. The zero-order valence-corrected chi connectivity index (χ0v) is 15.6. The van der Waals surface area contributed by atoms with Crippen molar-refractivity contribution in [1.82, 2.24) is 9.97 Å². The van der Waals surface area contributed by atoms with Gasteiger partial charge < -0.3 is 9.47 Å². The summed E-state index contributed by atoms with van der Waals surface area (Å²) in [6.45, 7) is 1.88. The minimum atomic E-state index is -0.953. The fourth-order valence-electron chi connectivity index (χ4n) is 2.12. The van der Waals surface area contributed by atoms with Gasteiger partial charge in [-0.25, -0.2) is 14.4 Å². The van der Waals surface area contributed by atoms with E-state index in [9.17, 15) is 9.18 Å². The summed E-state index contributed by atoms with van der Waals surface area (Å²) in [5.41, 5.74) is 0.698. The maximum atomic E-state index is 14.4. The molecule has 0 saturated carbocycles. The van der Waals surface area contributed by atoms with E-state index in [0.29, 0.717) is 5.56 Å². The Morgan fingerprint density at radius 1 is 1.32 bits per heavy atom. The Hall–Kier alpha value is -1.63. The number of methoxy groups -OCH3 is 1. The van der Waals surface area contributed by atoms with Gasteiger partial charge in [-0.2, -0.15) is 0 Å². The predicted octanol–water partition coefficient (Wildman–Crippen LogP) is 4.31. The molecule has 134 valence electrons. The molecule has 0 fully saturated rings. The van der Waals surface area contributed by atoms with Crippen molar-refractivity contribution in [3.05, 3.63) is 39.9 Å². The number of aromatic nitrogens is 2. The number of rotatable bonds is 6. The Balaban J connectivity index is 2.43. The van der Waals surface area contributed by atoms with Crippen LogP contribution in [0.4, 0.5) is 4.39 Å². The van der Waals surface area contributed by atoms with Gasteiger partial charge in [0.05, 0.1) is 19.4 Å². The lowest BCUT2D eigenvalue weighted by molar-refractivity contribution is -0.142. The van der Waals surface area contributed by atoms with Crippen LogP contribution < -0.4 is 4.74 Å². The van der Waals surface area contributed by atoms with Crippen molar-refractivity contribution >= 4 is 40.8 Å². The molecular formula is C16H14Cl3FN2O3. The molecule has 0 aliphatic heterocycles. The fourth-order valence-corrected chi connectivity index (χ4v) is 2.86. The largest absolute Gasteiger partial charge is 0.480 e. The Labute approximate surface area is 159 Å². The third-order valence-electron chi connectivity index (χ3n) is 3.28. The maximum Gasteiger partial charge on any atom is 0.324 e. The van der Waals surface area contributed by atoms with Gasteiger partial charge in [-0.15, -0.1) is 11.6 Å². The third kappa shape index (κ3) is 4.51. The van der Waals surface area contributed by atoms with Gasteiger partial charge in [0.2, 0.25) is 5.88 Å². The van der Waals surface area contributed by atoms with Gasteiger partial charge in [-0.1, -0.05) is 23.2 Å². The molecule has 2 aromatic rings. The molecule has 0 aliphatic rings. The van der Waals surface area contributed by atoms with E-state index in [1.807, 2.05) is 0 Å². The molecule has 1 atom stereocenters. The van der Waals surface area contributed by atoms with Crippen LogP contribution in [-0.4, -0.2) is 35.0 Å². The second kappa shape index (κ2) is 8.65. The van der Waals surface area contributed by atoms with E-state index in [4.69, 9.17) is 44.3 Å². The lowest BCUT2D eigenvalue weighted by Crippen LogP contribution is -2.20. The fraction of sp³-hybridized carbons (Fsp3) is 0.312. The Bertz CT molecular complexity index is 789. The number of halogens is 4. The highest BCUT2D eigenvalue weighted by molar-refractivity contribution is 6.34. The van der Waals surface area contributed by atoms with Gasteiger partial charge in [-0.05, 0) is 24.6 Å². The van der Waals surface area contributed by atoms with E-state index in [1.54, 1.807) is 6.92 Å². The minimum Gasteiger partial charge on any atom is -0.480 e. The van der Waals surface area contributed by atoms with E-state index in [1.165, 1.54) is 19.5 Å². The summed E-state index contributed by atoms with van der Waals surface area (Å²) < 4.78 is 24.2. The molecule has 1 aromatic heterocycles. The third-order valence-corrected chi connectivity index (χ3v) is 4.31. The number of alkyl halides is 1. The molecule has 0 spiro atoms. The van der Waals surface area contributed by atoms with Gasteiger partial charge in [0, 0.05) is 17.0 Å². The lowest BCUT2D eigenvalue weighted by Gasteiger charge is -2.13. The van der Waals surface area contributed by atoms with Crippen molar-refractivity contribution in [3.8, 4) is 17.1 Å². The molecule has 1 unspecified atom stereocenters. The number of nitrogens with zero attached hydrogens (tertiary/aromatic N) is 2. The van der Waals surface area contributed by atoms with E-state index < -0.39 is 17.2 Å². The van der Waals surface area contributed by atoms with Crippen LogP contribution in [0.2, 0.25) is 10.0 Å². The van der Waals surface area contributed by atoms with Gasteiger partial charge >= 0.3 is 5.97 Å². The summed E-state index contributed by atoms with van der Waals surface area (Å²) in [6.07, 6.45) is 1.27. The van der Waals surface area contributed by atoms with Crippen LogP contribution in [0.15, 0.2) is 18.5 Å². The molecule has 5 nitrogen and oxygen atoms in total. The average molecular weight is 408 g/mol. The monoisotopic (exact) mass is 406 g/mol. The number of esters is 1. The van der Waals surface area contributed by atoms with Gasteiger partial charge in [0.1, 0.15) is 22.5 Å². The second-order valence-electron chi connectivity index (χ2n) is 4.89. The Kier molecular flexibility index (Phi) is 6.81. The quantitative estimate of drug-likeness (QED) is 0.527. The van der Waals surface area contributed by atoms with Gasteiger partial charge in [0.15, 0.2) is 0 Å². The number of carbonyl (C=O) groups excluding carboxylic acids is 1. The molecule has 0 aliphatic carbocycles. The predicted molar refractivity (Wildman–Crippen MR) is 94.0 cm³/mol. The maximum absolute atomic E-state index is 14.4. The highest BCUT2D eigenvalue weighted by Gasteiger charge is 2.22. The number of hydrogen-bond acceptors (Lipinski definition) is 5. The summed E-state index contributed by atoms with van der Waals surface area (Å²) in [7, 11) is 1.39. The summed E-state index contributed by atoms with van der Waals surface area (Å²) in [6, 6.07) is 2.56. The van der Waals surface area contributed by atoms with Crippen LogP contribution >= 0.6 is 34.8 Å². The van der Waals surface area contributed by atoms with Crippen LogP contribution in [0.1, 0.15) is 12.5 Å². The SMILES string of the molecule is CCOC(=O)C(Cl)Cc1cc(-c2ncnc(OC)c2Cl)c(F)cc1Cl. The summed E-state index contributed by atoms with van der Waals surface area (Å²) in [5.74, 6) is -1.09. The molecular weight excluding hydrogens is 394 g/mol. The van der Waals surface area contributed by atoms with E-state index in [0.717, 1.165) is 6.07 Å². The molecule has 0 radical (unpaired) electrons. The van der Waals surface area contributed by atoms with Crippen molar-refractivity contribution in [2.24, 2.45) is 0 Å². The molecule has 0 amide bonds. The minimum absolute atomic E-state index is 0.0602. The van der Waals surface area contributed by atoms with Crippen LogP contribution in [0.25, 0.3) is 11.3 Å². The molecule has 0 saturated heterocycles. The van der Waals surface area contributed by atoms with E-state index in [2.05, 4.69) is 9.97 Å². The van der Waals surface area contributed by atoms with Crippen LogP contribution in [0.3, 0.4) is 0 Å². The molecule has 2 rings (SSSR count). The standard InChI is InChI=1S/C16H14Cl3FN2O3/c1-3-25-16(23)11(18)5-8-4-9(12(20)6-10(8)17)14-13(19)15(24-2)22-7-21-14/h4,6-7,11H,3,5H2,1-2H3. The molecule has 25 heavy (non-hydrogen) atoms. The number of ether oxygens (including phenoxy) is 2. The lowest BCUT2D eigenvalue weighted by atomic mass is 10.0. The highest BCUT2D eigenvalue weighted by Crippen LogP contribution is 2.35. The first kappa shape index (κ1) is 19.7. The number of benzene rings is 1. The molecule has 1 aromatic carbocycles. The molecule has 1 heterocycles. The van der Waals surface area contributed by atoms with Crippen molar-refractivity contribution in [3.63, 3.8) is 0 Å². The van der Waals surface area contributed by atoms with Crippen LogP contribution in [0.5, 0.6) is 5.88 Å². The van der Waals surface area contributed by atoms with E-state index >= 15 is 0 Å². The Morgan fingerprint density at radius 2 is 2.04 bits per heavy atom. The number of hydrogen-bond donors (Lipinski definition) is 0. The highest BCUT2D eigenvalue weighted by atomic mass is 35.5. The molecule has 0 bridgehead atoms. The number of carbonyl (C=O) groups is 1. The first-order valence-electron chi connectivity index (χ1n) is 7.22.